The Morgan fingerprint density at radius 3 is 2.29 bits per heavy atom. The molecule has 7 heteroatoms. The molecule has 0 aromatic heterocycles. The molecule has 1 atom stereocenters. The Morgan fingerprint density at radius 1 is 1.11 bits per heavy atom. The predicted octanol–water partition coefficient (Wildman–Crippen LogP) is 4.07. The quantitative estimate of drug-likeness (QED) is 0.787. The van der Waals surface area contributed by atoms with E-state index >= 15 is 0 Å². The van der Waals surface area contributed by atoms with Gasteiger partial charge in [-0.25, -0.2) is 8.78 Å². The maximum absolute atomic E-state index is 14.5. The minimum atomic E-state index is -1.02. The molecular weight excluding hydrogens is 380 g/mol. The van der Waals surface area contributed by atoms with E-state index in [1.807, 2.05) is 31.2 Å². The zero-order chi connectivity index (χ0) is 20.6. The zero-order valence-electron chi connectivity index (χ0n) is 16.1. The number of rotatable bonds is 3. The van der Waals surface area contributed by atoms with Crippen LogP contribution < -0.4 is 10.2 Å². The summed E-state index contributed by atoms with van der Waals surface area (Å²) in [5, 5.41) is 3.24. The molecule has 0 unspecified atom stereocenters. The first-order chi connectivity index (χ1) is 13.2. The van der Waals surface area contributed by atoms with Gasteiger partial charge < -0.3 is 10.2 Å². The van der Waals surface area contributed by atoms with Crippen LogP contribution >= 0.6 is 12.2 Å². The molecule has 2 aromatic carbocycles. The van der Waals surface area contributed by atoms with Crippen molar-refractivity contribution >= 4 is 28.9 Å². The summed E-state index contributed by atoms with van der Waals surface area (Å²) in [5.41, 5.74) is 2.34. The van der Waals surface area contributed by atoms with Crippen molar-refractivity contribution in [3.8, 4) is 0 Å². The summed E-state index contributed by atoms with van der Waals surface area (Å²) >= 11 is 5.51. The largest absolute Gasteiger partial charge is 0.351 e. The molecular formula is C21H21F2N3OS. The van der Waals surface area contributed by atoms with Gasteiger partial charge in [-0.05, 0) is 55.9 Å². The van der Waals surface area contributed by atoms with Crippen LogP contribution in [0.5, 0.6) is 0 Å². The summed E-state index contributed by atoms with van der Waals surface area (Å²) in [6.07, 6.45) is 0. The first-order valence-corrected chi connectivity index (χ1v) is 9.16. The predicted molar refractivity (Wildman–Crippen MR) is 110 cm³/mol. The SMILES string of the molecule is CC1=C(C(=O)N(C)C)[C@H](c2c(F)cccc2F)NC(=S)N1c1cccc(C)c1. The van der Waals surface area contributed by atoms with Gasteiger partial charge in [0, 0.05) is 25.5 Å². The lowest BCUT2D eigenvalue weighted by Gasteiger charge is -2.38. The summed E-state index contributed by atoms with van der Waals surface area (Å²) in [6, 6.07) is 10.2. The van der Waals surface area contributed by atoms with Gasteiger partial charge in [-0.1, -0.05) is 18.2 Å². The zero-order valence-corrected chi connectivity index (χ0v) is 16.9. The van der Waals surface area contributed by atoms with E-state index in [0.29, 0.717) is 5.70 Å². The number of halogens is 2. The van der Waals surface area contributed by atoms with E-state index in [1.165, 1.54) is 23.1 Å². The van der Waals surface area contributed by atoms with Crippen LogP contribution in [-0.4, -0.2) is 30.0 Å². The first-order valence-electron chi connectivity index (χ1n) is 8.76. The number of likely N-dealkylation sites (N-methyl/N-ethyl adjacent to an activating group) is 1. The minimum Gasteiger partial charge on any atom is -0.351 e. The molecule has 4 nitrogen and oxygen atoms in total. The molecule has 1 heterocycles. The van der Waals surface area contributed by atoms with Gasteiger partial charge in [-0.3, -0.25) is 9.69 Å². The molecule has 146 valence electrons. The van der Waals surface area contributed by atoms with E-state index in [-0.39, 0.29) is 22.2 Å². The third-order valence-corrected chi connectivity index (χ3v) is 4.97. The number of nitrogens with zero attached hydrogens (tertiary/aromatic N) is 2. The Bertz CT molecular complexity index is 967. The highest BCUT2D eigenvalue weighted by atomic mass is 32.1. The van der Waals surface area contributed by atoms with Gasteiger partial charge in [0.25, 0.3) is 5.91 Å². The fourth-order valence-electron chi connectivity index (χ4n) is 3.34. The number of thiocarbonyl (C=S) groups is 1. The second-order valence-corrected chi connectivity index (χ2v) is 7.28. The molecule has 1 amide bonds. The first kappa shape index (κ1) is 19.9. The molecule has 1 aliphatic heterocycles. The number of aryl methyl sites for hydroxylation is 1. The summed E-state index contributed by atoms with van der Waals surface area (Å²) in [4.78, 5) is 16.1. The van der Waals surface area contributed by atoms with E-state index in [0.717, 1.165) is 11.3 Å². The molecule has 0 saturated heterocycles. The standard InChI is InChI=1S/C21H21F2N3OS/c1-12-7-5-8-14(11-12)26-13(2)17(20(27)25(3)4)19(24-21(26)28)18-15(22)9-6-10-16(18)23/h5-11,19H,1-4H3,(H,24,28)/t19-/m1/s1. The number of allylic oxidation sites excluding steroid dienone is 1. The van der Waals surface area contributed by atoms with Crippen LogP contribution in [0.2, 0.25) is 0 Å². The fourth-order valence-corrected chi connectivity index (χ4v) is 3.70. The Morgan fingerprint density at radius 2 is 1.71 bits per heavy atom. The monoisotopic (exact) mass is 401 g/mol. The lowest BCUT2D eigenvalue weighted by Crippen LogP contribution is -2.49. The summed E-state index contributed by atoms with van der Waals surface area (Å²) in [5.74, 6) is -1.82. The Kier molecular flexibility index (Phi) is 5.47. The smallest absolute Gasteiger partial charge is 0.253 e. The van der Waals surface area contributed by atoms with Gasteiger partial charge in [0.2, 0.25) is 0 Å². The maximum atomic E-state index is 14.5. The fraction of sp³-hybridized carbons (Fsp3) is 0.238. The van der Waals surface area contributed by atoms with Gasteiger partial charge in [0.05, 0.1) is 17.2 Å². The average molecular weight is 401 g/mol. The molecule has 0 bridgehead atoms. The van der Waals surface area contributed by atoms with Crippen LogP contribution in [0, 0.1) is 18.6 Å². The van der Waals surface area contributed by atoms with Crippen molar-refractivity contribution in [3.63, 3.8) is 0 Å². The van der Waals surface area contributed by atoms with Gasteiger partial charge >= 0.3 is 0 Å². The van der Waals surface area contributed by atoms with E-state index < -0.39 is 17.7 Å². The molecule has 0 saturated carbocycles. The molecule has 0 fully saturated rings. The van der Waals surface area contributed by atoms with Crippen LogP contribution in [0.4, 0.5) is 14.5 Å². The highest BCUT2D eigenvalue weighted by molar-refractivity contribution is 7.80. The number of hydrogen-bond donors (Lipinski definition) is 1. The van der Waals surface area contributed by atoms with Crippen molar-refractivity contribution < 1.29 is 13.6 Å². The Hall–Kier alpha value is -2.80. The summed E-state index contributed by atoms with van der Waals surface area (Å²) < 4.78 is 29.0. The highest BCUT2D eigenvalue weighted by Crippen LogP contribution is 2.36. The molecule has 0 radical (unpaired) electrons. The molecule has 28 heavy (non-hydrogen) atoms. The number of nitrogens with one attached hydrogen (secondary N) is 1. The number of carbonyl (C=O) groups excluding carboxylic acids is 1. The van der Waals surface area contributed by atoms with Gasteiger partial charge in [-0.15, -0.1) is 0 Å². The highest BCUT2D eigenvalue weighted by Gasteiger charge is 2.37. The third-order valence-electron chi connectivity index (χ3n) is 4.67. The van der Waals surface area contributed by atoms with E-state index in [1.54, 1.807) is 25.9 Å². The molecule has 3 rings (SSSR count). The lowest BCUT2D eigenvalue weighted by atomic mass is 9.93. The van der Waals surface area contributed by atoms with Crippen LogP contribution in [-0.2, 0) is 4.79 Å². The van der Waals surface area contributed by atoms with Crippen LogP contribution in [0.15, 0.2) is 53.7 Å². The van der Waals surface area contributed by atoms with Crippen molar-refractivity contribution in [2.24, 2.45) is 0 Å². The number of hydrogen-bond acceptors (Lipinski definition) is 2. The number of amides is 1. The second-order valence-electron chi connectivity index (χ2n) is 6.89. The molecule has 1 N–H and O–H groups in total. The summed E-state index contributed by atoms with van der Waals surface area (Å²) in [7, 11) is 3.20. The van der Waals surface area contributed by atoms with E-state index in [2.05, 4.69) is 5.32 Å². The Balaban J connectivity index is 2.23. The van der Waals surface area contributed by atoms with Crippen molar-refractivity contribution in [1.29, 1.82) is 0 Å². The van der Waals surface area contributed by atoms with Gasteiger partial charge in [-0.2, -0.15) is 0 Å². The van der Waals surface area contributed by atoms with E-state index in [4.69, 9.17) is 12.2 Å². The number of benzene rings is 2. The number of carbonyl (C=O) groups is 1. The van der Waals surface area contributed by atoms with Crippen LogP contribution in [0.25, 0.3) is 0 Å². The van der Waals surface area contributed by atoms with Crippen LogP contribution in [0.1, 0.15) is 24.1 Å². The van der Waals surface area contributed by atoms with Crippen LogP contribution in [0.3, 0.4) is 0 Å². The maximum Gasteiger partial charge on any atom is 0.253 e. The third kappa shape index (κ3) is 3.49. The molecule has 0 aliphatic carbocycles. The van der Waals surface area contributed by atoms with Crippen molar-refractivity contribution in [1.82, 2.24) is 10.2 Å². The molecule has 2 aromatic rings. The van der Waals surface area contributed by atoms with Crippen molar-refractivity contribution in [2.75, 3.05) is 19.0 Å². The van der Waals surface area contributed by atoms with Crippen molar-refractivity contribution in [2.45, 2.75) is 19.9 Å². The van der Waals surface area contributed by atoms with Crippen molar-refractivity contribution in [3.05, 3.63) is 76.5 Å². The Labute approximate surface area is 168 Å². The normalized spacial score (nSPS) is 16.9. The van der Waals surface area contributed by atoms with E-state index in [9.17, 15) is 13.6 Å². The van der Waals surface area contributed by atoms with Gasteiger partial charge in [0.1, 0.15) is 11.6 Å². The van der Waals surface area contributed by atoms with Gasteiger partial charge in [0.15, 0.2) is 5.11 Å². The summed E-state index contributed by atoms with van der Waals surface area (Å²) in [6.45, 7) is 3.68. The second kappa shape index (κ2) is 7.67. The number of anilines is 1. The average Bonchev–Trinajstić information content (AvgIpc) is 2.61. The lowest BCUT2D eigenvalue weighted by molar-refractivity contribution is -0.125. The topological polar surface area (TPSA) is 35.6 Å². The molecule has 0 spiro atoms. The molecule has 1 aliphatic rings. The minimum absolute atomic E-state index is 0.224.